The fourth-order valence-electron chi connectivity index (χ4n) is 4.16. The van der Waals surface area contributed by atoms with Gasteiger partial charge in [-0.25, -0.2) is 14.3 Å². The molecule has 8 nitrogen and oxygen atoms in total. The molecule has 0 saturated carbocycles. The number of amides is 1. The summed E-state index contributed by atoms with van der Waals surface area (Å²) in [6.07, 6.45) is 0.0501. The highest BCUT2D eigenvalue weighted by Gasteiger charge is 2.19. The maximum Gasteiger partial charge on any atom is 0.339 e. The maximum absolute atomic E-state index is 13.7. The molecule has 0 bridgehead atoms. The highest BCUT2D eigenvalue weighted by Crippen LogP contribution is 2.23. The Labute approximate surface area is 213 Å². The van der Waals surface area contributed by atoms with Gasteiger partial charge in [0.25, 0.3) is 0 Å². The Morgan fingerprint density at radius 2 is 1.35 bits per heavy atom. The van der Waals surface area contributed by atoms with Crippen LogP contribution in [0.4, 0.5) is 5.69 Å². The van der Waals surface area contributed by atoms with Crippen LogP contribution in [-0.4, -0.2) is 34.2 Å². The Morgan fingerprint density at radius 1 is 0.784 bits per heavy atom. The quantitative estimate of drug-likeness (QED) is 0.355. The first-order chi connectivity index (χ1) is 18.0. The molecule has 0 unspecified atom stereocenters. The van der Waals surface area contributed by atoms with E-state index in [4.69, 9.17) is 14.5 Å². The van der Waals surface area contributed by atoms with Crippen molar-refractivity contribution >= 4 is 22.8 Å². The number of methoxy groups -OCH3 is 2. The standard InChI is InChI=1S/C29H26N4O4/c1-19-4-9-22(10-5-19)32-26-17-8-21(18-27(34)30-20-6-13-24(36-2)14-7-20)31-28(26)33(29(32)35)23-11-15-25(37-3)16-12-23/h4-17H,18H2,1-3H3,(H,30,34). The van der Waals surface area contributed by atoms with E-state index in [1.807, 2.05) is 49.4 Å². The Morgan fingerprint density at radius 3 is 1.97 bits per heavy atom. The number of aryl methyl sites for hydroxylation is 1. The monoisotopic (exact) mass is 494 g/mol. The second-order valence-electron chi connectivity index (χ2n) is 8.59. The zero-order chi connectivity index (χ0) is 25.9. The molecule has 0 spiro atoms. The van der Waals surface area contributed by atoms with Crippen LogP contribution in [0.25, 0.3) is 22.5 Å². The first-order valence-electron chi connectivity index (χ1n) is 11.8. The fraction of sp³-hybridized carbons (Fsp3) is 0.138. The molecular formula is C29H26N4O4. The molecule has 5 rings (SSSR count). The van der Waals surface area contributed by atoms with Crippen LogP contribution in [0.1, 0.15) is 11.3 Å². The van der Waals surface area contributed by atoms with E-state index in [-0.39, 0.29) is 18.0 Å². The average Bonchev–Trinajstić information content (AvgIpc) is 3.20. The number of nitrogens with zero attached hydrogens (tertiary/aromatic N) is 3. The van der Waals surface area contributed by atoms with E-state index in [2.05, 4.69) is 5.32 Å². The summed E-state index contributed by atoms with van der Waals surface area (Å²) < 4.78 is 13.6. The van der Waals surface area contributed by atoms with E-state index in [1.165, 1.54) is 0 Å². The van der Waals surface area contributed by atoms with Crippen LogP contribution in [0, 0.1) is 6.92 Å². The molecule has 2 aromatic heterocycles. The number of hydrogen-bond acceptors (Lipinski definition) is 5. The van der Waals surface area contributed by atoms with Gasteiger partial charge in [0.05, 0.1) is 43.2 Å². The third-order valence-corrected chi connectivity index (χ3v) is 6.09. The van der Waals surface area contributed by atoms with Crippen LogP contribution < -0.4 is 20.5 Å². The molecule has 5 aromatic rings. The van der Waals surface area contributed by atoms with E-state index < -0.39 is 0 Å². The Hall–Kier alpha value is -4.85. The Kier molecular flexibility index (Phi) is 6.47. The highest BCUT2D eigenvalue weighted by molar-refractivity contribution is 5.92. The smallest absolute Gasteiger partial charge is 0.339 e. The number of hydrogen-bond donors (Lipinski definition) is 1. The van der Waals surface area contributed by atoms with Crippen molar-refractivity contribution in [2.45, 2.75) is 13.3 Å². The number of imidazole rings is 1. The van der Waals surface area contributed by atoms with Gasteiger partial charge in [-0.05, 0) is 79.7 Å². The number of pyridine rings is 1. The Bertz CT molecular complexity index is 1620. The lowest BCUT2D eigenvalue weighted by Crippen LogP contribution is -2.22. The molecule has 3 aromatic carbocycles. The molecule has 1 N–H and O–H groups in total. The number of ether oxygens (including phenoxy) is 2. The van der Waals surface area contributed by atoms with Gasteiger partial charge in [-0.15, -0.1) is 0 Å². The summed E-state index contributed by atoms with van der Waals surface area (Å²) in [6, 6.07) is 25.7. The number of aromatic nitrogens is 3. The third kappa shape index (κ3) is 4.81. The van der Waals surface area contributed by atoms with Gasteiger partial charge in [0.1, 0.15) is 11.5 Å². The molecule has 0 atom stereocenters. The van der Waals surface area contributed by atoms with Crippen LogP contribution in [-0.2, 0) is 11.2 Å². The summed E-state index contributed by atoms with van der Waals surface area (Å²) in [7, 11) is 3.18. The minimum atomic E-state index is -0.253. The number of carbonyl (C=O) groups excluding carboxylic acids is 1. The topological polar surface area (TPSA) is 87.4 Å². The lowest BCUT2D eigenvalue weighted by atomic mass is 10.2. The predicted octanol–water partition coefficient (Wildman–Crippen LogP) is 4.68. The molecule has 2 heterocycles. The van der Waals surface area contributed by atoms with Crippen molar-refractivity contribution in [2.24, 2.45) is 0 Å². The number of anilines is 1. The predicted molar refractivity (Wildman–Crippen MR) is 143 cm³/mol. The minimum absolute atomic E-state index is 0.0501. The van der Waals surface area contributed by atoms with Gasteiger partial charge in [0.2, 0.25) is 5.91 Å². The van der Waals surface area contributed by atoms with Crippen molar-refractivity contribution in [3.63, 3.8) is 0 Å². The Balaban J connectivity index is 1.55. The largest absolute Gasteiger partial charge is 0.497 e. The molecule has 0 aliphatic rings. The lowest BCUT2D eigenvalue weighted by molar-refractivity contribution is -0.115. The zero-order valence-electron chi connectivity index (χ0n) is 20.8. The third-order valence-electron chi connectivity index (χ3n) is 6.09. The molecular weight excluding hydrogens is 468 g/mol. The van der Waals surface area contributed by atoms with Gasteiger partial charge in [0, 0.05) is 5.69 Å². The van der Waals surface area contributed by atoms with E-state index in [0.717, 1.165) is 11.3 Å². The molecule has 0 radical (unpaired) electrons. The molecule has 186 valence electrons. The maximum atomic E-state index is 13.7. The van der Waals surface area contributed by atoms with E-state index >= 15 is 0 Å². The first-order valence-corrected chi connectivity index (χ1v) is 11.8. The van der Waals surface area contributed by atoms with Crippen LogP contribution in [0.15, 0.2) is 89.7 Å². The minimum Gasteiger partial charge on any atom is -0.497 e. The number of fused-ring (bicyclic) bond motifs is 1. The van der Waals surface area contributed by atoms with Crippen molar-refractivity contribution in [2.75, 3.05) is 19.5 Å². The summed E-state index contributed by atoms with van der Waals surface area (Å²) in [5.74, 6) is 1.18. The van der Waals surface area contributed by atoms with E-state index in [9.17, 15) is 9.59 Å². The van der Waals surface area contributed by atoms with Crippen molar-refractivity contribution in [3.05, 3.63) is 107 Å². The van der Waals surface area contributed by atoms with Gasteiger partial charge in [0.15, 0.2) is 5.65 Å². The number of benzene rings is 3. The van der Waals surface area contributed by atoms with Crippen LogP contribution in [0.5, 0.6) is 11.5 Å². The number of rotatable bonds is 7. The van der Waals surface area contributed by atoms with Gasteiger partial charge in [-0.3, -0.25) is 9.36 Å². The molecule has 0 aliphatic carbocycles. The summed E-state index contributed by atoms with van der Waals surface area (Å²) in [5.41, 5.74) is 4.54. The highest BCUT2D eigenvalue weighted by atomic mass is 16.5. The van der Waals surface area contributed by atoms with Crippen molar-refractivity contribution < 1.29 is 14.3 Å². The molecule has 0 saturated heterocycles. The molecule has 1 amide bonds. The van der Waals surface area contributed by atoms with Crippen molar-refractivity contribution in [1.82, 2.24) is 14.1 Å². The number of nitrogens with one attached hydrogen (secondary N) is 1. The lowest BCUT2D eigenvalue weighted by Gasteiger charge is -2.07. The second kappa shape index (κ2) is 10.0. The molecule has 0 fully saturated rings. The summed E-state index contributed by atoms with van der Waals surface area (Å²) >= 11 is 0. The van der Waals surface area contributed by atoms with Crippen molar-refractivity contribution in [1.29, 1.82) is 0 Å². The SMILES string of the molecule is COc1ccc(NC(=O)Cc2ccc3c(n2)n(-c2ccc(OC)cc2)c(=O)n3-c2ccc(C)cc2)cc1. The molecule has 8 heteroatoms. The number of carbonyl (C=O) groups is 1. The fourth-order valence-corrected chi connectivity index (χ4v) is 4.16. The van der Waals surface area contributed by atoms with Crippen LogP contribution >= 0.6 is 0 Å². The van der Waals surface area contributed by atoms with Gasteiger partial charge in [-0.2, -0.15) is 0 Å². The first kappa shape index (κ1) is 23.9. The molecule has 0 aliphatic heterocycles. The van der Waals surface area contributed by atoms with Gasteiger partial charge < -0.3 is 14.8 Å². The van der Waals surface area contributed by atoms with Gasteiger partial charge >= 0.3 is 5.69 Å². The van der Waals surface area contributed by atoms with Crippen LogP contribution in [0.2, 0.25) is 0 Å². The average molecular weight is 495 g/mol. The summed E-state index contributed by atoms with van der Waals surface area (Å²) in [5, 5.41) is 2.87. The van der Waals surface area contributed by atoms with E-state index in [0.29, 0.717) is 39.7 Å². The summed E-state index contributed by atoms with van der Waals surface area (Å²) in [6.45, 7) is 2.00. The normalized spacial score (nSPS) is 10.9. The summed E-state index contributed by atoms with van der Waals surface area (Å²) in [4.78, 5) is 31.2. The van der Waals surface area contributed by atoms with Crippen LogP contribution in [0.3, 0.4) is 0 Å². The zero-order valence-corrected chi connectivity index (χ0v) is 20.8. The second-order valence-corrected chi connectivity index (χ2v) is 8.59. The van der Waals surface area contributed by atoms with Gasteiger partial charge in [-0.1, -0.05) is 17.7 Å². The van der Waals surface area contributed by atoms with E-state index in [1.54, 1.807) is 65.8 Å². The molecule has 37 heavy (non-hydrogen) atoms. The van der Waals surface area contributed by atoms with Crippen molar-refractivity contribution in [3.8, 4) is 22.9 Å².